The standard InChI is InChI=1S/C12H19NO2/c1-9-7-8-13-10(9)5-6-11(14)15-12(2,3)4/h9-10,13H,7-8H2,1-4H3. The van der Waals surface area contributed by atoms with Crippen molar-refractivity contribution in [3.63, 3.8) is 0 Å². The molecular formula is C12H19NO2. The monoisotopic (exact) mass is 209 g/mol. The third-order valence-electron chi connectivity index (χ3n) is 2.26. The van der Waals surface area contributed by atoms with Gasteiger partial charge in [-0.3, -0.25) is 0 Å². The lowest BCUT2D eigenvalue weighted by Crippen LogP contribution is -2.25. The molecule has 0 amide bonds. The van der Waals surface area contributed by atoms with Crippen LogP contribution in [0, 0.1) is 17.8 Å². The minimum absolute atomic E-state index is 0.137. The van der Waals surface area contributed by atoms with Gasteiger partial charge >= 0.3 is 5.97 Å². The predicted octanol–water partition coefficient (Wildman–Crippen LogP) is 1.33. The summed E-state index contributed by atoms with van der Waals surface area (Å²) in [5.74, 6) is 5.53. The second-order valence-electron chi connectivity index (χ2n) is 4.97. The molecule has 0 aromatic rings. The summed E-state index contributed by atoms with van der Waals surface area (Å²) in [6.07, 6.45) is 1.12. The van der Waals surface area contributed by atoms with Crippen molar-refractivity contribution in [3.05, 3.63) is 0 Å². The van der Waals surface area contributed by atoms with E-state index in [9.17, 15) is 4.79 Å². The van der Waals surface area contributed by atoms with Crippen molar-refractivity contribution >= 4 is 5.97 Å². The van der Waals surface area contributed by atoms with Crippen molar-refractivity contribution in [3.8, 4) is 11.8 Å². The Balaban J connectivity index is 2.47. The summed E-state index contributed by atoms with van der Waals surface area (Å²) in [6, 6.07) is 0.137. The van der Waals surface area contributed by atoms with Gasteiger partial charge in [-0.2, -0.15) is 0 Å². The minimum atomic E-state index is -0.458. The summed E-state index contributed by atoms with van der Waals surface area (Å²) in [4.78, 5) is 11.3. The zero-order valence-corrected chi connectivity index (χ0v) is 9.89. The van der Waals surface area contributed by atoms with Crippen molar-refractivity contribution in [1.82, 2.24) is 5.32 Å². The van der Waals surface area contributed by atoms with Crippen LogP contribution in [-0.2, 0) is 9.53 Å². The van der Waals surface area contributed by atoms with Gasteiger partial charge in [0.05, 0.1) is 6.04 Å². The molecule has 2 atom stereocenters. The Morgan fingerprint density at radius 3 is 2.60 bits per heavy atom. The van der Waals surface area contributed by atoms with Gasteiger partial charge in [-0.05, 0) is 39.7 Å². The molecule has 3 nitrogen and oxygen atoms in total. The fraction of sp³-hybridized carbons (Fsp3) is 0.750. The molecule has 1 rings (SSSR count). The molecule has 15 heavy (non-hydrogen) atoms. The quantitative estimate of drug-likeness (QED) is 0.371. The van der Waals surface area contributed by atoms with Gasteiger partial charge in [0.2, 0.25) is 0 Å². The van der Waals surface area contributed by atoms with Crippen LogP contribution in [0.15, 0.2) is 0 Å². The van der Waals surface area contributed by atoms with Gasteiger partial charge in [-0.25, -0.2) is 4.79 Å². The Kier molecular flexibility index (Phi) is 3.76. The highest BCUT2D eigenvalue weighted by atomic mass is 16.6. The molecule has 0 aromatic carbocycles. The number of esters is 1. The number of carbonyl (C=O) groups is 1. The first-order valence-corrected chi connectivity index (χ1v) is 5.36. The summed E-state index contributed by atoms with van der Waals surface area (Å²) in [7, 11) is 0. The van der Waals surface area contributed by atoms with E-state index in [4.69, 9.17) is 4.74 Å². The largest absolute Gasteiger partial charge is 0.450 e. The van der Waals surface area contributed by atoms with Gasteiger partial charge < -0.3 is 10.1 Å². The molecule has 0 spiro atoms. The van der Waals surface area contributed by atoms with Gasteiger partial charge in [-0.15, -0.1) is 0 Å². The zero-order valence-electron chi connectivity index (χ0n) is 9.89. The van der Waals surface area contributed by atoms with Crippen molar-refractivity contribution in [2.45, 2.75) is 45.8 Å². The van der Waals surface area contributed by atoms with E-state index in [2.05, 4.69) is 24.1 Å². The Hall–Kier alpha value is -1.01. The molecule has 0 aromatic heterocycles. The summed E-state index contributed by atoms with van der Waals surface area (Å²) in [6.45, 7) is 8.62. The van der Waals surface area contributed by atoms with Crippen LogP contribution in [0.1, 0.15) is 34.1 Å². The number of rotatable bonds is 0. The fourth-order valence-electron chi connectivity index (χ4n) is 1.47. The third kappa shape index (κ3) is 4.35. The molecule has 0 radical (unpaired) electrons. The first-order valence-electron chi connectivity index (χ1n) is 5.36. The zero-order chi connectivity index (χ0) is 11.5. The highest BCUT2D eigenvalue weighted by Gasteiger charge is 2.21. The molecule has 0 bridgehead atoms. The molecule has 1 fully saturated rings. The lowest BCUT2D eigenvalue weighted by atomic mass is 10.0. The average Bonchev–Trinajstić information content (AvgIpc) is 2.44. The van der Waals surface area contributed by atoms with Gasteiger partial charge in [-0.1, -0.05) is 12.8 Å². The van der Waals surface area contributed by atoms with Crippen molar-refractivity contribution in [2.75, 3.05) is 6.54 Å². The molecular weight excluding hydrogens is 190 g/mol. The number of hydrogen-bond donors (Lipinski definition) is 1. The first-order chi connectivity index (χ1) is 6.88. The summed E-state index contributed by atoms with van der Waals surface area (Å²) in [5.41, 5.74) is -0.458. The SMILES string of the molecule is CC1CCNC1C#CC(=O)OC(C)(C)C. The Bertz CT molecular complexity index is 293. The lowest BCUT2D eigenvalue weighted by molar-refractivity contribution is -0.147. The van der Waals surface area contributed by atoms with E-state index in [1.807, 2.05) is 20.8 Å². The number of ether oxygens (including phenoxy) is 1. The Morgan fingerprint density at radius 2 is 2.13 bits per heavy atom. The van der Waals surface area contributed by atoms with E-state index in [1.165, 1.54) is 0 Å². The number of hydrogen-bond acceptors (Lipinski definition) is 3. The van der Waals surface area contributed by atoms with Crippen molar-refractivity contribution < 1.29 is 9.53 Å². The fourth-order valence-corrected chi connectivity index (χ4v) is 1.47. The van der Waals surface area contributed by atoms with Crippen LogP contribution in [0.2, 0.25) is 0 Å². The smallest absolute Gasteiger partial charge is 0.384 e. The minimum Gasteiger partial charge on any atom is -0.450 e. The maximum atomic E-state index is 11.3. The van der Waals surface area contributed by atoms with Crippen LogP contribution < -0.4 is 5.32 Å². The molecule has 0 saturated carbocycles. The van der Waals surface area contributed by atoms with Gasteiger partial charge in [0.15, 0.2) is 0 Å². The highest BCUT2D eigenvalue weighted by Crippen LogP contribution is 2.13. The second-order valence-corrected chi connectivity index (χ2v) is 4.97. The van der Waals surface area contributed by atoms with Gasteiger partial charge in [0, 0.05) is 5.92 Å². The molecule has 1 aliphatic heterocycles. The molecule has 1 aliphatic rings. The molecule has 1 N–H and O–H groups in total. The number of carbonyl (C=O) groups excluding carboxylic acids is 1. The van der Waals surface area contributed by atoms with Crippen LogP contribution in [0.5, 0.6) is 0 Å². The average molecular weight is 209 g/mol. The van der Waals surface area contributed by atoms with E-state index in [0.29, 0.717) is 5.92 Å². The summed E-state index contributed by atoms with van der Waals surface area (Å²) >= 11 is 0. The van der Waals surface area contributed by atoms with Crippen molar-refractivity contribution in [2.24, 2.45) is 5.92 Å². The molecule has 84 valence electrons. The Labute approximate surface area is 91.6 Å². The third-order valence-corrected chi connectivity index (χ3v) is 2.26. The summed E-state index contributed by atoms with van der Waals surface area (Å²) < 4.78 is 5.09. The topological polar surface area (TPSA) is 38.3 Å². The maximum Gasteiger partial charge on any atom is 0.384 e. The van der Waals surface area contributed by atoms with E-state index in [-0.39, 0.29) is 6.04 Å². The predicted molar refractivity (Wildman–Crippen MR) is 59.2 cm³/mol. The maximum absolute atomic E-state index is 11.3. The number of nitrogens with one attached hydrogen (secondary N) is 1. The van der Waals surface area contributed by atoms with E-state index < -0.39 is 11.6 Å². The molecule has 0 aliphatic carbocycles. The summed E-state index contributed by atoms with van der Waals surface area (Å²) in [5, 5.41) is 3.24. The molecule has 1 heterocycles. The lowest BCUT2D eigenvalue weighted by Gasteiger charge is -2.17. The van der Waals surface area contributed by atoms with E-state index in [0.717, 1.165) is 13.0 Å². The highest BCUT2D eigenvalue weighted by molar-refractivity contribution is 5.88. The van der Waals surface area contributed by atoms with E-state index >= 15 is 0 Å². The van der Waals surface area contributed by atoms with Gasteiger partial charge in [0.25, 0.3) is 0 Å². The Morgan fingerprint density at radius 1 is 1.47 bits per heavy atom. The second kappa shape index (κ2) is 4.67. The van der Waals surface area contributed by atoms with Crippen LogP contribution in [0.4, 0.5) is 0 Å². The molecule has 3 heteroatoms. The van der Waals surface area contributed by atoms with E-state index in [1.54, 1.807) is 0 Å². The molecule has 2 unspecified atom stereocenters. The van der Waals surface area contributed by atoms with Crippen LogP contribution in [0.3, 0.4) is 0 Å². The normalized spacial score (nSPS) is 25.6. The van der Waals surface area contributed by atoms with Crippen LogP contribution >= 0.6 is 0 Å². The van der Waals surface area contributed by atoms with Crippen molar-refractivity contribution in [1.29, 1.82) is 0 Å². The molecule has 1 saturated heterocycles. The van der Waals surface area contributed by atoms with Gasteiger partial charge in [0.1, 0.15) is 5.60 Å². The van der Waals surface area contributed by atoms with Crippen LogP contribution in [-0.4, -0.2) is 24.2 Å². The van der Waals surface area contributed by atoms with Crippen LogP contribution in [0.25, 0.3) is 0 Å². The first kappa shape index (κ1) is 12.1.